The van der Waals surface area contributed by atoms with Gasteiger partial charge in [-0.25, -0.2) is 0 Å². The average molecular weight is 466 g/mol. The normalized spacial score (nSPS) is 19.2. The van der Waals surface area contributed by atoms with Crippen LogP contribution in [0.25, 0.3) is 11.0 Å². The van der Waals surface area contributed by atoms with Crippen LogP contribution in [0, 0.1) is 5.92 Å². The molecular weight excluding hydrogens is 443 g/mol. The lowest BCUT2D eigenvalue weighted by Gasteiger charge is -2.29. The monoisotopic (exact) mass is 465 g/mol. The molecule has 0 atom stereocenters. The number of anilines is 1. The Balaban J connectivity index is 1.31. The molecule has 10 heteroatoms. The first-order valence-corrected chi connectivity index (χ1v) is 10.8. The van der Waals surface area contributed by atoms with E-state index in [0.29, 0.717) is 5.92 Å². The van der Waals surface area contributed by atoms with Crippen molar-refractivity contribution >= 4 is 34.4 Å². The second-order valence-electron chi connectivity index (χ2n) is 8.11. The third-order valence-electron chi connectivity index (χ3n) is 5.89. The highest BCUT2D eigenvalue weighted by atomic mass is 35.5. The van der Waals surface area contributed by atoms with E-state index in [-0.39, 0.29) is 16.6 Å². The zero-order valence-electron chi connectivity index (χ0n) is 17.4. The summed E-state index contributed by atoms with van der Waals surface area (Å²) >= 11 is 5.98. The molecule has 1 aromatic carbocycles. The summed E-state index contributed by atoms with van der Waals surface area (Å²) in [5.74, 6) is 0.576. The molecule has 0 bridgehead atoms. The van der Waals surface area contributed by atoms with Crippen molar-refractivity contribution < 1.29 is 18.0 Å². The predicted octanol–water partition coefficient (Wildman–Crippen LogP) is 5.04. The maximum absolute atomic E-state index is 13.0. The van der Waals surface area contributed by atoms with E-state index in [1.165, 1.54) is 0 Å². The molecule has 1 saturated carbocycles. The number of carbonyl (C=O) groups is 1. The number of nitrogens with zero attached hydrogens (tertiary/aromatic N) is 3. The average Bonchev–Trinajstić information content (AvgIpc) is 3.08. The van der Waals surface area contributed by atoms with Crippen LogP contribution < -0.4 is 10.6 Å². The number of nitrogens with one attached hydrogen (secondary N) is 2. The largest absolute Gasteiger partial charge is 0.416 e. The lowest BCUT2D eigenvalue weighted by molar-refractivity contribution is -0.137. The van der Waals surface area contributed by atoms with Crippen LogP contribution in [-0.2, 0) is 13.2 Å². The number of hydrogen-bond acceptors (Lipinski definition) is 4. The minimum Gasteiger partial charge on any atom is -0.367 e. The number of aromatic nitrogens is 3. The molecule has 2 heterocycles. The molecule has 6 nitrogen and oxygen atoms in total. The van der Waals surface area contributed by atoms with Gasteiger partial charge in [-0.15, -0.1) is 0 Å². The summed E-state index contributed by atoms with van der Waals surface area (Å²) in [7, 11) is 1.87. The van der Waals surface area contributed by atoms with E-state index in [1.807, 2.05) is 19.2 Å². The van der Waals surface area contributed by atoms with E-state index < -0.39 is 17.6 Å². The van der Waals surface area contributed by atoms with Crippen LogP contribution in [0.4, 0.5) is 19.0 Å². The smallest absolute Gasteiger partial charge is 0.367 e. The number of aryl methyl sites for hydroxylation is 1. The number of pyridine rings is 1. The number of alkyl halides is 3. The molecular formula is C22H23ClF3N5O. The van der Waals surface area contributed by atoms with Crippen LogP contribution in [0.15, 0.2) is 36.5 Å². The molecule has 0 aliphatic heterocycles. The highest BCUT2D eigenvalue weighted by Crippen LogP contribution is 2.32. The van der Waals surface area contributed by atoms with Crippen LogP contribution >= 0.6 is 11.6 Å². The Labute approximate surface area is 188 Å². The van der Waals surface area contributed by atoms with Gasteiger partial charge in [0.2, 0.25) is 0 Å². The zero-order chi connectivity index (χ0) is 22.9. The number of fused-ring (bicyclic) bond motifs is 1. The molecule has 0 spiro atoms. The van der Waals surface area contributed by atoms with E-state index in [1.54, 1.807) is 10.9 Å². The quantitative estimate of drug-likeness (QED) is 0.553. The number of hydrogen-bond donors (Lipinski definition) is 2. The minimum atomic E-state index is -4.53. The molecule has 1 fully saturated rings. The van der Waals surface area contributed by atoms with Crippen LogP contribution in [-0.4, -0.2) is 33.3 Å². The number of benzene rings is 1. The lowest BCUT2D eigenvalue weighted by atomic mass is 9.86. The molecule has 1 aliphatic carbocycles. The molecule has 3 aromatic rings. The van der Waals surface area contributed by atoms with Gasteiger partial charge in [-0.1, -0.05) is 11.6 Å². The molecule has 0 saturated heterocycles. The van der Waals surface area contributed by atoms with Gasteiger partial charge in [0.05, 0.1) is 21.7 Å². The maximum Gasteiger partial charge on any atom is 0.416 e. The predicted molar refractivity (Wildman–Crippen MR) is 117 cm³/mol. The van der Waals surface area contributed by atoms with E-state index in [2.05, 4.69) is 20.7 Å². The molecule has 2 aromatic heterocycles. The third kappa shape index (κ3) is 4.82. The fraction of sp³-hybridized carbons (Fsp3) is 0.409. The SMILES string of the molecule is Cn1nc(NCC2CCC(NC(=O)c3cc(C(F)(F)F)ccc3Cl)CC2)c2ncccc21. The van der Waals surface area contributed by atoms with Gasteiger partial charge in [0.1, 0.15) is 5.52 Å². The van der Waals surface area contributed by atoms with E-state index in [0.717, 1.165) is 67.3 Å². The Morgan fingerprint density at radius 2 is 1.97 bits per heavy atom. The third-order valence-corrected chi connectivity index (χ3v) is 6.22. The molecule has 0 unspecified atom stereocenters. The first-order chi connectivity index (χ1) is 15.2. The Kier molecular flexibility index (Phi) is 6.28. The Hall–Kier alpha value is -2.81. The second kappa shape index (κ2) is 8.97. The number of rotatable bonds is 5. The summed E-state index contributed by atoms with van der Waals surface area (Å²) in [6.45, 7) is 0.739. The number of carbonyl (C=O) groups excluding carboxylic acids is 1. The van der Waals surface area contributed by atoms with Gasteiger partial charge in [0.15, 0.2) is 5.82 Å². The summed E-state index contributed by atoms with van der Waals surface area (Å²) in [6.07, 6.45) is 0.462. The summed E-state index contributed by atoms with van der Waals surface area (Å²) in [4.78, 5) is 16.9. The maximum atomic E-state index is 13.0. The van der Waals surface area contributed by atoms with Crippen molar-refractivity contribution in [2.75, 3.05) is 11.9 Å². The van der Waals surface area contributed by atoms with Gasteiger partial charge in [-0.05, 0) is 61.9 Å². The molecule has 32 heavy (non-hydrogen) atoms. The minimum absolute atomic E-state index is 0.00424. The Bertz CT molecular complexity index is 1120. The first kappa shape index (κ1) is 22.4. The number of amides is 1. The second-order valence-corrected chi connectivity index (χ2v) is 8.51. The van der Waals surface area contributed by atoms with E-state index in [4.69, 9.17) is 11.6 Å². The first-order valence-electron chi connectivity index (χ1n) is 10.4. The Morgan fingerprint density at radius 1 is 1.22 bits per heavy atom. The van der Waals surface area contributed by atoms with Crippen LogP contribution in [0.1, 0.15) is 41.6 Å². The van der Waals surface area contributed by atoms with Crippen molar-refractivity contribution in [3.05, 3.63) is 52.7 Å². The van der Waals surface area contributed by atoms with Crippen molar-refractivity contribution in [2.45, 2.75) is 37.9 Å². The molecule has 170 valence electrons. The fourth-order valence-corrected chi connectivity index (χ4v) is 4.30. The molecule has 0 radical (unpaired) electrons. The standard InChI is InChI=1S/C22H23ClF3N5O/c1-31-18-3-2-10-27-19(18)20(30-31)28-12-13-4-7-15(8-5-13)29-21(32)16-11-14(22(24,25)26)6-9-17(16)23/h2-3,6,9-11,13,15H,4-5,7-8,12H2,1H3,(H,28,30)(H,29,32). The van der Waals surface area contributed by atoms with Crippen molar-refractivity contribution in [3.63, 3.8) is 0 Å². The summed E-state index contributed by atoms with van der Waals surface area (Å²) in [6, 6.07) is 6.52. The molecule has 2 N–H and O–H groups in total. The van der Waals surface area contributed by atoms with Crippen molar-refractivity contribution in [1.29, 1.82) is 0 Å². The number of halogens is 4. The molecule has 1 amide bonds. The summed E-state index contributed by atoms with van der Waals surface area (Å²) < 4.78 is 40.7. The van der Waals surface area contributed by atoms with Gasteiger partial charge in [-0.3, -0.25) is 14.5 Å². The highest BCUT2D eigenvalue weighted by Gasteiger charge is 2.32. The van der Waals surface area contributed by atoms with E-state index >= 15 is 0 Å². The van der Waals surface area contributed by atoms with E-state index in [9.17, 15) is 18.0 Å². The summed E-state index contributed by atoms with van der Waals surface area (Å²) in [5.41, 5.74) is 0.738. The molecule has 4 rings (SSSR count). The Morgan fingerprint density at radius 3 is 2.69 bits per heavy atom. The van der Waals surface area contributed by atoms with Crippen LogP contribution in [0.5, 0.6) is 0 Å². The van der Waals surface area contributed by atoms with Gasteiger partial charge in [-0.2, -0.15) is 18.3 Å². The zero-order valence-corrected chi connectivity index (χ0v) is 18.2. The summed E-state index contributed by atoms with van der Waals surface area (Å²) in [5, 5.41) is 10.7. The van der Waals surface area contributed by atoms with Gasteiger partial charge in [0, 0.05) is 25.8 Å². The van der Waals surface area contributed by atoms with Gasteiger partial charge < -0.3 is 10.6 Å². The topological polar surface area (TPSA) is 71.8 Å². The van der Waals surface area contributed by atoms with Crippen molar-refractivity contribution in [3.8, 4) is 0 Å². The van der Waals surface area contributed by atoms with Gasteiger partial charge >= 0.3 is 6.18 Å². The van der Waals surface area contributed by atoms with Crippen molar-refractivity contribution in [2.24, 2.45) is 13.0 Å². The lowest BCUT2D eigenvalue weighted by Crippen LogP contribution is -2.38. The van der Waals surface area contributed by atoms with Crippen LogP contribution in [0.3, 0.4) is 0 Å². The van der Waals surface area contributed by atoms with Gasteiger partial charge in [0.25, 0.3) is 5.91 Å². The molecule has 1 aliphatic rings. The fourth-order valence-electron chi connectivity index (χ4n) is 4.10. The highest BCUT2D eigenvalue weighted by molar-refractivity contribution is 6.33. The van der Waals surface area contributed by atoms with Crippen molar-refractivity contribution in [1.82, 2.24) is 20.1 Å². The van der Waals surface area contributed by atoms with Crippen LogP contribution in [0.2, 0.25) is 5.02 Å².